The van der Waals surface area contributed by atoms with E-state index >= 15 is 0 Å². The number of nitrogens with zero attached hydrogens (tertiary/aromatic N) is 2. The van der Waals surface area contributed by atoms with E-state index < -0.39 is 0 Å². The van der Waals surface area contributed by atoms with E-state index in [-0.39, 0.29) is 0 Å². The molecule has 3 nitrogen and oxygen atoms in total. The summed E-state index contributed by atoms with van der Waals surface area (Å²) in [6.45, 7) is 0.572. The smallest absolute Gasteiger partial charge is 0.140 e. The van der Waals surface area contributed by atoms with Crippen molar-refractivity contribution in [2.75, 3.05) is 0 Å². The SMILES string of the molecule is Cn1c(-c2ccc(CN)cc2)nc2ccccc21. The Balaban J connectivity index is 2.15. The number of para-hydroxylation sites is 2. The van der Waals surface area contributed by atoms with Gasteiger partial charge in [0.25, 0.3) is 0 Å². The molecule has 18 heavy (non-hydrogen) atoms. The van der Waals surface area contributed by atoms with Crippen LogP contribution in [0.1, 0.15) is 5.56 Å². The van der Waals surface area contributed by atoms with Crippen molar-refractivity contribution in [1.82, 2.24) is 9.55 Å². The average molecular weight is 237 g/mol. The molecule has 3 rings (SSSR count). The van der Waals surface area contributed by atoms with Crippen LogP contribution >= 0.6 is 0 Å². The molecule has 0 radical (unpaired) electrons. The standard InChI is InChI=1S/C15H15N3/c1-18-14-5-3-2-4-13(14)17-15(18)12-8-6-11(10-16)7-9-12/h2-9H,10,16H2,1H3. The summed E-state index contributed by atoms with van der Waals surface area (Å²) >= 11 is 0. The Labute approximate surface area is 106 Å². The van der Waals surface area contributed by atoms with Gasteiger partial charge in [-0.25, -0.2) is 4.98 Å². The highest BCUT2D eigenvalue weighted by Gasteiger charge is 2.08. The van der Waals surface area contributed by atoms with Crippen LogP contribution in [-0.2, 0) is 13.6 Å². The number of aryl methyl sites for hydroxylation is 1. The first kappa shape index (κ1) is 11.0. The summed E-state index contributed by atoms with van der Waals surface area (Å²) in [6.07, 6.45) is 0. The lowest BCUT2D eigenvalue weighted by Crippen LogP contribution is -1.96. The molecule has 3 heteroatoms. The van der Waals surface area contributed by atoms with Crippen LogP contribution in [0.2, 0.25) is 0 Å². The highest BCUT2D eigenvalue weighted by molar-refractivity contribution is 5.80. The van der Waals surface area contributed by atoms with Crippen LogP contribution in [0.3, 0.4) is 0 Å². The first-order valence-corrected chi connectivity index (χ1v) is 6.00. The maximum Gasteiger partial charge on any atom is 0.140 e. The molecule has 0 spiro atoms. The predicted octanol–water partition coefficient (Wildman–Crippen LogP) is 2.70. The minimum absolute atomic E-state index is 0.572. The Hall–Kier alpha value is -2.13. The largest absolute Gasteiger partial charge is 0.327 e. The maximum absolute atomic E-state index is 5.61. The molecule has 1 heterocycles. The van der Waals surface area contributed by atoms with Crippen molar-refractivity contribution < 1.29 is 0 Å². The van der Waals surface area contributed by atoms with Crippen molar-refractivity contribution in [2.45, 2.75) is 6.54 Å². The van der Waals surface area contributed by atoms with Crippen LogP contribution in [0.4, 0.5) is 0 Å². The minimum Gasteiger partial charge on any atom is -0.327 e. The summed E-state index contributed by atoms with van der Waals surface area (Å²) in [4.78, 5) is 4.67. The van der Waals surface area contributed by atoms with Crippen LogP contribution in [0.15, 0.2) is 48.5 Å². The first-order valence-electron chi connectivity index (χ1n) is 6.00. The monoisotopic (exact) mass is 237 g/mol. The zero-order valence-corrected chi connectivity index (χ0v) is 10.3. The fourth-order valence-electron chi connectivity index (χ4n) is 2.19. The van der Waals surface area contributed by atoms with Crippen molar-refractivity contribution in [1.29, 1.82) is 0 Å². The Kier molecular flexibility index (Phi) is 2.61. The van der Waals surface area contributed by atoms with Gasteiger partial charge in [-0.1, -0.05) is 36.4 Å². The van der Waals surface area contributed by atoms with Gasteiger partial charge in [0.1, 0.15) is 5.82 Å². The van der Waals surface area contributed by atoms with Crippen molar-refractivity contribution >= 4 is 11.0 Å². The second-order valence-corrected chi connectivity index (χ2v) is 4.38. The molecule has 0 unspecified atom stereocenters. The van der Waals surface area contributed by atoms with Gasteiger partial charge in [0.15, 0.2) is 0 Å². The third-order valence-corrected chi connectivity index (χ3v) is 3.23. The number of nitrogens with two attached hydrogens (primary N) is 1. The maximum atomic E-state index is 5.61. The Morgan fingerprint density at radius 1 is 1.06 bits per heavy atom. The van der Waals surface area contributed by atoms with Crippen molar-refractivity contribution in [3.05, 3.63) is 54.1 Å². The summed E-state index contributed by atoms with van der Waals surface area (Å²) in [6, 6.07) is 16.4. The van der Waals surface area contributed by atoms with E-state index in [1.165, 1.54) is 0 Å². The third kappa shape index (κ3) is 1.69. The number of fused-ring (bicyclic) bond motifs is 1. The summed E-state index contributed by atoms with van der Waals surface area (Å²) in [7, 11) is 2.04. The minimum atomic E-state index is 0.572. The van der Waals surface area contributed by atoms with E-state index in [4.69, 9.17) is 5.73 Å². The van der Waals surface area contributed by atoms with Gasteiger partial charge in [0.2, 0.25) is 0 Å². The second kappa shape index (κ2) is 4.27. The molecule has 2 N–H and O–H groups in total. The molecule has 0 atom stereocenters. The van der Waals surface area contributed by atoms with Crippen LogP contribution < -0.4 is 5.73 Å². The first-order chi connectivity index (χ1) is 8.79. The Bertz CT molecular complexity index is 681. The summed E-state index contributed by atoms with van der Waals surface area (Å²) in [5.74, 6) is 0.986. The molecule has 0 fully saturated rings. The zero-order chi connectivity index (χ0) is 12.5. The summed E-state index contributed by atoms with van der Waals surface area (Å²) in [5.41, 5.74) is 10.0. The Morgan fingerprint density at radius 2 is 1.78 bits per heavy atom. The molecule has 0 aliphatic heterocycles. The molecular formula is C15H15N3. The van der Waals surface area contributed by atoms with Crippen molar-refractivity contribution in [3.8, 4) is 11.4 Å². The molecule has 2 aromatic carbocycles. The number of rotatable bonds is 2. The highest BCUT2D eigenvalue weighted by Crippen LogP contribution is 2.23. The molecular weight excluding hydrogens is 222 g/mol. The number of hydrogen-bond acceptors (Lipinski definition) is 2. The number of hydrogen-bond donors (Lipinski definition) is 1. The molecule has 90 valence electrons. The average Bonchev–Trinajstić information content (AvgIpc) is 2.77. The van der Waals surface area contributed by atoms with Gasteiger partial charge in [0, 0.05) is 19.2 Å². The molecule has 3 aromatic rings. The lowest BCUT2D eigenvalue weighted by molar-refractivity contribution is 0.958. The van der Waals surface area contributed by atoms with Gasteiger partial charge in [-0.2, -0.15) is 0 Å². The van der Waals surface area contributed by atoms with E-state index in [0.29, 0.717) is 6.54 Å². The fraction of sp³-hybridized carbons (Fsp3) is 0.133. The molecule has 0 saturated carbocycles. The van der Waals surface area contributed by atoms with E-state index in [0.717, 1.165) is 28.0 Å². The van der Waals surface area contributed by atoms with Crippen LogP contribution in [-0.4, -0.2) is 9.55 Å². The number of aromatic nitrogens is 2. The molecule has 1 aromatic heterocycles. The highest BCUT2D eigenvalue weighted by atomic mass is 15.1. The van der Waals surface area contributed by atoms with Gasteiger partial charge >= 0.3 is 0 Å². The Morgan fingerprint density at radius 3 is 2.44 bits per heavy atom. The third-order valence-electron chi connectivity index (χ3n) is 3.23. The topological polar surface area (TPSA) is 43.8 Å². The quantitative estimate of drug-likeness (QED) is 0.744. The van der Waals surface area contributed by atoms with Crippen molar-refractivity contribution in [2.24, 2.45) is 12.8 Å². The fourth-order valence-corrected chi connectivity index (χ4v) is 2.19. The normalized spacial score (nSPS) is 11.0. The van der Waals surface area contributed by atoms with E-state index in [9.17, 15) is 0 Å². The molecule has 0 amide bonds. The van der Waals surface area contributed by atoms with Gasteiger partial charge in [-0.15, -0.1) is 0 Å². The molecule has 0 aliphatic carbocycles. The summed E-state index contributed by atoms with van der Waals surface area (Å²) in [5, 5.41) is 0. The number of benzene rings is 2. The lowest BCUT2D eigenvalue weighted by atomic mass is 10.1. The van der Waals surface area contributed by atoms with Gasteiger partial charge in [0.05, 0.1) is 11.0 Å². The number of imidazole rings is 1. The van der Waals surface area contributed by atoms with Crippen LogP contribution in [0, 0.1) is 0 Å². The second-order valence-electron chi connectivity index (χ2n) is 4.38. The van der Waals surface area contributed by atoms with E-state index in [2.05, 4.69) is 39.9 Å². The zero-order valence-electron chi connectivity index (χ0n) is 10.3. The van der Waals surface area contributed by atoms with E-state index in [1.807, 2.05) is 25.2 Å². The molecule has 0 saturated heterocycles. The van der Waals surface area contributed by atoms with Gasteiger partial charge < -0.3 is 10.3 Å². The van der Waals surface area contributed by atoms with Crippen molar-refractivity contribution in [3.63, 3.8) is 0 Å². The molecule has 0 aliphatic rings. The van der Waals surface area contributed by atoms with E-state index in [1.54, 1.807) is 0 Å². The van der Waals surface area contributed by atoms with Gasteiger partial charge in [-0.05, 0) is 17.7 Å². The predicted molar refractivity (Wildman–Crippen MR) is 74.0 cm³/mol. The lowest BCUT2D eigenvalue weighted by Gasteiger charge is -2.03. The summed E-state index contributed by atoms with van der Waals surface area (Å²) < 4.78 is 2.12. The molecule has 0 bridgehead atoms. The van der Waals surface area contributed by atoms with Crippen LogP contribution in [0.5, 0.6) is 0 Å². The van der Waals surface area contributed by atoms with Crippen LogP contribution in [0.25, 0.3) is 22.4 Å². The van der Waals surface area contributed by atoms with Gasteiger partial charge in [-0.3, -0.25) is 0 Å².